The van der Waals surface area contributed by atoms with E-state index in [4.69, 9.17) is 16.3 Å². The van der Waals surface area contributed by atoms with Crippen LogP contribution in [0.15, 0.2) is 78.5 Å². The van der Waals surface area contributed by atoms with E-state index < -0.39 is 11.8 Å². The Balaban J connectivity index is 1.81. The molecule has 0 fully saturated rings. The molecule has 1 N–H and O–H groups in total. The fourth-order valence-electron chi connectivity index (χ4n) is 3.49. The average molecular weight is 433 g/mol. The molecule has 0 aromatic heterocycles. The summed E-state index contributed by atoms with van der Waals surface area (Å²) in [6, 6.07) is 21.4. The molecule has 0 bridgehead atoms. The summed E-state index contributed by atoms with van der Waals surface area (Å²) in [6.07, 6.45) is 0. The van der Waals surface area contributed by atoms with Crippen LogP contribution in [-0.4, -0.2) is 18.4 Å². The number of carbonyl (C=O) groups excluding carboxylic acids is 2. The van der Waals surface area contributed by atoms with E-state index in [0.29, 0.717) is 34.2 Å². The highest BCUT2D eigenvalue weighted by Gasteiger charge is 2.40. The fraction of sp³-hybridized carbons (Fsp3) is 0.120. The lowest BCUT2D eigenvalue weighted by Crippen LogP contribution is -2.32. The predicted octanol–water partition coefficient (Wildman–Crippen LogP) is 5.44. The molecule has 0 radical (unpaired) electrons. The Labute approximate surface area is 185 Å². The van der Waals surface area contributed by atoms with Gasteiger partial charge in [-0.2, -0.15) is 0 Å². The molecular formula is C25H21ClN2O3. The molecule has 1 aliphatic rings. The Hall–Kier alpha value is -3.57. The second kappa shape index (κ2) is 8.66. The van der Waals surface area contributed by atoms with Gasteiger partial charge >= 0.3 is 0 Å². The number of para-hydroxylation sites is 1. The molecule has 3 aromatic rings. The Bertz CT molecular complexity index is 1190. The minimum Gasteiger partial charge on any atom is -0.494 e. The molecule has 2 amide bonds. The maximum absolute atomic E-state index is 13.5. The minimum atomic E-state index is -0.424. The van der Waals surface area contributed by atoms with Crippen LogP contribution in [0.1, 0.15) is 18.1 Å². The molecule has 0 aliphatic carbocycles. The lowest BCUT2D eigenvalue weighted by Gasteiger charge is -2.16. The minimum absolute atomic E-state index is 0.225. The second-order valence-corrected chi connectivity index (χ2v) is 7.51. The molecule has 31 heavy (non-hydrogen) atoms. The molecule has 156 valence electrons. The smallest absolute Gasteiger partial charge is 0.282 e. The molecule has 4 rings (SSSR count). The number of aryl methyl sites for hydroxylation is 1. The van der Waals surface area contributed by atoms with E-state index in [0.717, 1.165) is 11.3 Å². The lowest BCUT2D eigenvalue weighted by molar-refractivity contribution is -0.120. The number of hydrogen-bond donors (Lipinski definition) is 1. The lowest BCUT2D eigenvalue weighted by atomic mass is 10.0. The van der Waals surface area contributed by atoms with Gasteiger partial charge in [0.2, 0.25) is 0 Å². The molecule has 0 saturated heterocycles. The number of rotatable bonds is 6. The predicted molar refractivity (Wildman–Crippen MR) is 123 cm³/mol. The van der Waals surface area contributed by atoms with E-state index in [2.05, 4.69) is 5.32 Å². The number of nitrogens with zero attached hydrogens (tertiary/aromatic N) is 1. The van der Waals surface area contributed by atoms with Crippen LogP contribution in [0.5, 0.6) is 5.75 Å². The van der Waals surface area contributed by atoms with Crippen LogP contribution in [-0.2, 0) is 9.59 Å². The van der Waals surface area contributed by atoms with Crippen molar-refractivity contribution in [2.75, 3.05) is 16.8 Å². The van der Waals surface area contributed by atoms with Crippen molar-refractivity contribution >= 4 is 40.4 Å². The topological polar surface area (TPSA) is 58.6 Å². The molecule has 3 aromatic carbocycles. The highest BCUT2D eigenvalue weighted by molar-refractivity contribution is 6.46. The molecule has 5 nitrogen and oxygen atoms in total. The summed E-state index contributed by atoms with van der Waals surface area (Å²) in [6.45, 7) is 4.30. The molecule has 0 spiro atoms. The first-order valence-corrected chi connectivity index (χ1v) is 10.3. The third-order valence-electron chi connectivity index (χ3n) is 5.01. The number of hydrogen-bond acceptors (Lipinski definition) is 4. The van der Waals surface area contributed by atoms with Gasteiger partial charge in [0.05, 0.1) is 17.9 Å². The Morgan fingerprint density at radius 1 is 0.935 bits per heavy atom. The number of benzene rings is 3. The van der Waals surface area contributed by atoms with Crippen LogP contribution in [0.2, 0.25) is 5.02 Å². The normalized spacial score (nSPS) is 13.7. The van der Waals surface area contributed by atoms with Crippen molar-refractivity contribution in [1.82, 2.24) is 0 Å². The van der Waals surface area contributed by atoms with Gasteiger partial charge in [0, 0.05) is 16.8 Å². The van der Waals surface area contributed by atoms with Crippen molar-refractivity contribution in [2.24, 2.45) is 0 Å². The van der Waals surface area contributed by atoms with Gasteiger partial charge in [-0.05, 0) is 55.3 Å². The number of halogens is 1. The first-order valence-electron chi connectivity index (χ1n) is 9.94. The van der Waals surface area contributed by atoms with Gasteiger partial charge in [0.15, 0.2) is 0 Å². The molecule has 0 unspecified atom stereocenters. The largest absolute Gasteiger partial charge is 0.494 e. The van der Waals surface area contributed by atoms with Crippen LogP contribution in [0.4, 0.5) is 11.4 Å². The summed E-state index contributed by atoms with van der Waals surface area (Å²) in [7, 11) is 0. The second-order valence-electron chi connectivity index (χ2n) is 7.07. The van der Waals surface area contributed by atoms with Gasteiger partial charge < -0.3 is 10.1 Å². The van der Waals surface area contributed by atoms with Crippen molar-refractivity contribution in [2.45, 2.75) is 13.8 Å². The summed E-state index contributed by atoms with van der Waals surface area (Å²) in [5.41, 5.74) is 3.31. The Morgan fingerprint density at radius 3 is 2.39 bits per heavy atom. The standard InChI is InChI=1S/C25H21ClN2O3/c1-3-31-20-9-6-8-19(15-20)28-24(29)22(17-11-13-18(26)14-12-17)23(25(28)30)27-21-10-5-4-7-16(21)2/h4-15,27H,3H2,1-2H3. The number of ether oxygens (including phenoxy) is 1. The van der Waals surface area contributed by atoms with E-state index in [-0.39, 0.29) is 5.70 Å². The van der Waals surface area contributed by atoms with Crippen LogP contribution in [0.25, 0.3) is 5.57 Å². The molecular weight excluding hydrogens is 412 g/mol. The highest BCUT2D eigenvalue weighted by atomic mass is 35.5. The average Bonchev–Trinajstić information content (AvgIpc) is 3.00. The van der Waals surface area contributed by atoms with Gasteiger partial charge in [0.25, 0.3) is 11.8 Å². The fourth-order valence-corrected chi connectivity index (χ4v) is 3.62. The summed E-state index contributed by atoms with van der Waals surface area (Å²) in [4.78, 5) is 28.1. The molecule has 1 aliphatic heterocycles. The van der Waals surface area contributed by atoms with Crippen LogP contribution in [0.3, 0.4) is 0 Å². The molecule has 0 saturated carbocycles. The summed E-state index contributed by atoms with van der Waals surface area (Å²) in [5, 5.41) is 3.75. The van der Waals surface area contributed by atoms with Crippen molar-refractivity contribution in [1.29, 1.82) is 0 Å². The zero-order valence-corrected chi connectivity index (χ0v) is 17.9. The summed E-state index contributed by atoms with van der Waals surface area (Å²) in [5.74, 6) is -0.238. The molecule has 6 heteroatoms. The van der Waals surface area contributed by atoms with Crippen LogP contribution in [0, 0.1) is 6.92 Å². The molecule has 0 atom stereocenters. The van der Waals surface area contributed by atoms with E-state index in [1.807, 2.05) is 38.1 Å². The molecule has 1 heterocycles. The number of carbonyl (C=O) groups is 2. The Kier molecular flexibility index (Phi) is 5.78. The van der Waals surface area contributed by atoms with Gasteiger partial charge in [-0.3, -0.25) is 9.59 Å². The third-order valence-corrected chi connectivity index (χ3v) is 5.26. The van der Waals surface area contributed by atoms with Gasteiger partial charge in [-0.25, -0.2) is 4.90 Å². The highest BCUT2D eigenvalue weighted by Crippen LogP contribution is 2.35. The summed E-state index contributed by atoms with van der Waals surface area (Å²) < 4.78 is 5.55. The van der Waals surface area contributed by atoms with Crippen LogP contribution >= 0.6 is 11.6 Å². The summed E-state index contributed by atoms with van der Waals surface area (Å²) >= 11 is 6.03. The first kappa shape index (κ1) is 20.7. The maximum Gasteiger partial charge on any atom is 0.282 e. The number of nitrogens with one attached hydrogen (secondary N) is 1. The number of imide groups is 1. The zero-order valence-electron chi connectivity index (χ0n) is 17.2. The van der Waals surface area contributed by atoms with E-state index in [1.165, 1.54) is 4.90 Å². The monoisotopic (exact) mass is 432 g/mol. The number of anilines is 2. The first-order chi connectivity index (χ1) is 15.0. The zero-order chi connectivity index (χ0) is 22.0. The third kappa shape index (κ3) is 4.05. The Morgan fingerprint density at radius 2 is 1.68 bits per heavy atom. The van der Waals surface area contributed by atoms with Crippen molar-refractivity contribution in [3.05, 3.63) is 94.6 Å². The van der Waals surface area contributed by atoms with Crippen molar-refractivity contribution < 1.29 is 14.3 Å². The van der Waals surface area contributed by atoms with E-state index in [1.54, 1.807) is 48.5 Å². The maximum atomic E-state index is 13.5. The van der Waals surface area contributed by atoms with Crippen molar-refractivity contribution in [3.8, 4) is 5.75 Å². The van der Waals surface area contributed by atoms with Gasteiger partial charge in [-0.1, -0.05) is 48.0 Å². The van der Waals surface area contributed by atoms with Gasteiger partial charge in [0.1, 0.15) is 11.4 Å². The number of amides is 2. The van der Waals surface area contributed by atoms with Gasteiger partial charge in [-0.15, -0.1) is 0 Å². The SMILES string of the molecule is CCOc1cccc(N2C(=O)C(Nc3ccccc3C)=C(c3ccc(Cl)cc3)C2=O)c1. The van der Waals surface area contributed by atoms with Crippen LogP contribution < -0.4 is 15.0 Å². The van der Waals surface area contributed by atoms with E-state index in [9.17, 15) is 9.59 Å². The van der Waals surface area contributed by atoms with E-state index >= 15 is 0 Å². The van der Waals surface area contributed by atoms with Crippen molar-refractivity contribution in [3.63, 3.8) is 0 Å². The quantitative estimate of drug-likeness (QED) is 0.526.